The standard InChI is InChI=1S/C22H25N3O3/c1-17-7-8-19(15-23-17)20(26)24-13-10-22(11-14-24)16-25(21(27)28-22)12-9-18-5-3-2-4-6-18/h2-8,15H,9-14,16H2,1H3. The summed E-state index contributed by atoms with van der Waals surface area (Å²) in [6, 6.07) is 13.8. The summed E-state index contributed by atoms with van der Waals surface area (Å²) in [5, 5.41) is 0. The number of likely N-dealkylation sites (tertiary alicyclic amines) is 1. The molecule has 0 bridgehead atoms. The van der Waals surface area contributed by atoms with Crippen molar-refractivity contribution in [2.24, 2.45) is 0 Å². The Morgan fingerprint density at radius 2 is 1.89 bits per heavy atom. The number of aryl methyl sites for hydroxylation is 1. The van der Waals surface area contributed by atoms with Crippen LogP contribution in [0.15, 0.2) is 48.7 Å². The van der Waals surface area contributed by atoms with Crippen LogP contribution >= 0.6 is 0 Å². The predicted octanol–water partition coefficient (Wildman–Crippen LogP) is 3.06. The molecule has 6 nitrogen and oxygen atoms in total. The molecule has 4 rings (SSSR count). The lowest BCUT2D eigenvalue weighted by atomic mass is 9.91. The molecular weight excluding hydrogens is 354 g/mol. The summed E-state index contributed by atoms with van der Waals surface area (Å²) < 4.78 is 5.78. The van der Waals surface area contributed by atoms with Gasteiger partial charge in [0.2, 0.25) is 0 Å². The molecular formula is C22H25N3O3. The SMILES string of the molecule is Cc1ccc(C(=O)N2CCC3(CC2)CN(CCc2ccccc2)C(=O)O3)cn1. The van der Waals surface area contributed by atoms with Gasteiger partial charge in [0.15, 0.2) is 0 Å². The third kappa shape index (κ3) is 3.86. The van der Waals surface area contributed by atoms with Crippen LogP contribution < -0.4 is 0 Å². The van der Waals surface area contributed by atoms with Gasteiger partial charge in [-0.1, -0.05) is 30.3 Å². The van der Waals surface area contributed by atoms with Gasteiger partial charge < -0.3 is 14.5 Å². The first-order valence-corrected chi connectivity index (χ1v) is 9.78. The van der Waals surface area contributed by atoms with Gasteiger partial charge >= 0.3 is 6.09 Å². The number of amides is 2. The average Bonchev–Trinajstić information content (AvgIpc) is 3.02. The molecule has 0 saturated carbocycles. The number of piperidine rings is 1. The molecule has 28 heavy (non-hydrogen) atoms. The lowest BCUT2D eigenvalue weighted by molar-refractivity contribution is 0.00313. The minimum absolute atomic E-state index is 0.00685. The second-order valence-corrected chi connectivity index (χ2v) is 7.69. The van der Waals surface area contributed by atoms with Gasteiger partial charge in [0.1, 0.15) is 5.60 Å². The number of rotatable bonds is 4. The highest BCUT2D eigenvalue weighted by Crippen LogP contribution is 2.33. The van der Waals surface area contributed by atoms with Gasteiger partial charge in [-0.3, -0.25) is 9.78 Å². The number of aromatic nitrogens is 1. The van der Waals surface area contributed by atoms with E-state index in [0.29, 0.717) is 44.6 Å². The molecule has 2 aliphatic rings. The molecule has 1 spiro atoms. The highest BCUT2D eigenvalue weighted by Gasteiger charge is 2.47. The van der Waals surface area contributed by atoms with Crippen molar-refractivity contribution in [2.45, 2.75) is 31.8 Å². The number of hydrogen-bond donors (Lipinski definition) is 0. The summed E-state index contributed by atoms with van der Waals surface area (Å²) in [7, 11) is 0. The molecule has 0 N–H and O–H groups in total. The highest BCUT2D eigenvalue weighted by molar-refractivity contribution is 5.94. The van der Waals surface area contributed by atoms with Gasteiger partial charge in [-0.05, 0) is 31.0 Å². The van der Waals surface area contributed by atoms with Crippen molar-refractivity contribution >= 4 is 12.0 Å². The molecule has 6 heteroatoms. The Labute approximate surface area is 165 Å². The Morgan fingerprint density at radius 1 is 1.14 bits per heavy atom. The maximum Gasteiger partial charge on any atom is 0.410 e. The van der Waals surface area contributed by atoms with Crippen LogP contribution in [0.2, 0.25) is 0 Å². The van der Waals surface area contributed by atoms with Gasteiger partial charge in [-0.2, -0.15) is 0 Å². The quantitative estimate of drug-likeness (QED) is 0.819. The normalized spacial score (nSPS) is 18.4. The van der Waals surface area contributed by atoms with Crippen LogP contribution in [0.5, 0.6) is 0 Å². The Hall–Kier alpha value is -2.89. The van der Waals surface area contributed by atoms with Crippen molar-refractivity contribution in [2.75, 3.05) is 26.2 Å². The summed E-state index contributed by atoms with van der Waals surface area (Å²) in [6.07, 6.45) is 3.55. The third-order valence-corrected chi connectivity index (χ3v) is 5.67. The first-order chi connectivity index (χ1) is 13.5. The van der Waals surface area contributed by atoms with E-state index in [9.17, 15) is 9.59 Å². The molecule has 146 valence electrons. The third-order valence-electron chi connectivity index (χ3n) is 5.67. The lowest BCUT2D eigenvalue weighted by Crippen LogP contribution is -2.48. The summed E-state index contributed by atoms with van der Waals surface area (Å²) in [5.74, 6) is -0.00685. The molecule has 2 amide bonds. The minimum Gasteiger partial charge on any atom is -0.441 e. The molecule has 2 saturated heterocycles. The number of nitrogens with zero attached hydrogens (tertiary/aromatic N) is 3. The topological polar surface area (TPSA) is 62.7 Å². The molecule has 0 radical (unpaired) electrons. The largest absolute Gasteiger partial charge is 0.441 e. The van der Waals surface area contributed by atoms with E-state index in [2.05, 4.69) is 17.1 Å². The summed E-state index contributed by atoms with van der Waals surface area (Å²) in [6.45, 7) is 4.34. The number of carbonyl (C=O) groups excluding carboxylic acids is 2. The van der Waals surface area contributed by atoms with E-state index >= 15 is 0 Å². The monoisotopic (exact) mass is 379 g/mol. The molecule has 3 heterocycles. The molecule has 0 atom stereocenters. The van der Waals surface area contributed by atoms with Crippen LogP contribution in [0, 0.1) is 6.92 Å². The van der Waals surface area contributed by atoms with Crippen LogP contribution in [-0.4, -0.2) is 58.6 Å². The Bertz CT molecular complexity index is 843. The molecule has 2 aromatic rings. The van der Waals surface area contributed by atoms with E-state index in [4.69, 9.17) is 4.74 Å². The second kappa shape index (κ2) is 7.62. The van der Waals surface area contributed by atoms with Crippen molar-refractivity contribution in [3.8, 4) is 0 Å². The van der Waals surface area contributed by atoms with E-state index in [0.717, 1.165) is 12.1 Å². The fraction of sp³-hybridized carbons (Fsp3) is 0.409. The summed E-state index contributed by atoms with van der Waals surface area (Å²) in [5.41, 5.74) is 2.25. The van der Waals surface area contributed by atoms with Crippen molar-refractivity contribution < 1.29 is 14.3 Å². The molecule has 0 unspecified atom stereocenters. The predicted molar refractivity (Wildman–Crippen MR) is 105 cm³/mol. The Morgan fingerprint density at radius 3 is 2.57 bits per heavy atom. The van der Waals surface area contributed by atoms with E-state index in [-0.39, 0.29) is 12.0 Å². The molecule has 2 fully saturated rings. The number of benzene rings is 1. The zero-order valence-electron chi connectivity index (χ0n) is 16.1. The van der Waals surface area contributed by atoms with Crippen LogP contribution in [0.25, 0.3) is 0 Å². The van der Waals surface area contributed by atoms with Crippen molar-refractivity contribution in [3.05, 3.63) is 65.5 Å². The van der Waals surface area contributed by atoms with E-state index in [1.165, 1.54) is 5.56 Å². The number of ether oxygens (including phenoxy) is 1. The van der Waals surface area contributed by atoms with Gasteiger partial charge in [0.05, 0.1) is 12.1 Å². The smallest absolute Gasteiger partial charge is 0.410 e. The van der Waals surface area contributed by atoms with Crippen molar-refractivity contribution in [1.82, 2.24) is 14.8 Å². The zero-order valence-corrected chi connectivity index (χ0v) is 16.1. The zero-order chi connectivity index (χ0) is 19.6. The van der Waals surface area contributed by atoms with Gasteiger partial charge in [0, 0.05) is 44.4 Å². The molecule has 2 aliphatic heterocycles. The van der Waals surface area contributed by atoms with E-state index < -0.39 is 5.60 Å². The Kier molecular flexibility index (Phi) is 5.03. The second-order valence-electron chi connectivity index (χ2n) is 7.69. The maximum absolute atomic E-state index is 12.7. The fourth-order valence-corrected chi connectivity index (χ4v) is 3.93. The lowest BCUT2D eigenvalue weighted by Gasteiger charge is -2.37. The fourth-order valence-electron chi connectivity index (χ4n) is 3.93. The maximum atomic E-state index is 12.7. The summed E-state index contributed by atoms with van der Waals surface area (Å²) in [4.78, 5) is 32.9. The van der Waals surface area contributed by atoms with Gasteiger partial charge in [0.25, 0.3) is 5.91 Å². The molecule has 0 aliphatic carbocycles. The first-order valence-electron chi connectivity index (χ1n) is 9.78. The summed E-state index contributed by atoms with van der Waals surface area (Å²) >= 11 is 0. The number of pyridine rings is 1. The molecule has 1 aromatic heterocycles. The van der Waals surface area contributed by atoms with Crippen LogP contribution in [0.3, 0.4) is 0 Å². The van der Waals surface area contributed by atoms with E-state index in [1.54, 1.807) is 11.1 Å². The van der Waals surface area contributed by atoms with E-state index in [1.807, 2.05) is 42.2 Å². The highest BCUT2D eigenvalue weighted by atomic mass is 16.6. The minimum atomic E-state index is -0.462. The van der Waals surface area contributed by atoms with Gasteiger partial charge in [-0.25, -0.2) is 4.79 Å². The Balaban J connectivity index is 1.33. The van der Waals surface area contributed by atoms with Crippen molar-refractivity contribution in [3.63, 3.8) is 0 Å². The van der Waals surface area contributed by atoms with Crippen molar-refractivity contribution in [1.29, 1.82) is 0 Å². The average molecular weight is 379 g/mol. The number of carbonyl (C=O) groups is 2. The van der Waals surface area contributed by atoms with Gasteiger partial charge in [-0.15, -0.1) is 0 Å². The first kappa shape index (κ1) is 18.5. The van der Waals surface area contributed by atoms with Crippen LogP contribution in [-0.2, 0) is 11.2 Å². The van der Waals surface area contributed by atoms with Crippen LogP contribution in [0.1, 0.15) is 34.5 Å². The van der Waals surface area contributed by atoms with Crippen LogP contribution in [0.4, 0.5) is 4.79 Å². The number of hydrogen-bond acceptors (Lipinski definition) is 4. The molecule has 1 aromatic carbocycles.